The van der Waals surface area contributed by atoms with Gasteiger partial charge in [-0.2, -0.15) is 0 Å². The average molecular weight is 243 g/mol. The Morgan fingerprint density at radius 2 is 2.31 bits per heavy atom. The zero-order valence-electron chi connectivity index (χ0n) is 10.5. The van der Waals surface area contributed by atoms with Crippen LogP contribution in [0.2, 0.25) is 0 Å². The summed E-state index contributed by atoms with van der Waals surface area (Å²) in [5.74, 6) is 1.84. The van der Waals surface area contributed by atoms with E-state index in [0.717, 1.165) is 10.9 Å². The van der Waals surface area contributed by atoms with E-state index in [1.807, 2.05) is 0 Å². The molecule has 0 unspecified atom stereocenters. The van der Waals surface area contributed by atoms with Crippen molar-refractivity contribution in [3.05, 3.63) is 0 Å². The number of hydrogen-bond donors (Lipinski definition) is 1. The predicted molar refractivity (Wildman–Crippen MR) is 69.8 cm³/mol. The lowest BCUT2D eigenvalue weighted by Crippen LogP contribution is -2.31. The molecule has 1 amide bonds. The van der Waals surface area contributed by atoms with Gasteiger partial charge in [-0.05, 0) is 5.92 Å². The number of nitrogens with zero attached hydrogens (tertiary/aromatic N) is 2. The Morgan fingerprint density at radius 3 is 2.81 bits per heavy atom. The van der Waals surface area contributed by atoms with Crippen LogP contribution in [0, 0.1) is 5.92 Å². The van der Waals surface area contributed by atoms with E-state index in [4.69, 9.17) is 0 Å². The standard InChI is InChI=1S/C11H21N3OS/c1-8(2)9-7-16-11(13-9)12-6-5-10(15)14(3)4/h8-9H,5-7H2,1-4H3,(H,12,13)/t9-/m1/s1. The van der Waals surface area contributed by atoms with Crippen molar-refractivity contribution in [1.82, 2.24) is 10.2 Å². The number of amidine groups is 1. The minimum absolute atomic E-state index is 0.132. The van der Waals surface area contributed by atoms with Crippen LogP contribution >= 0.6 is 11.8 Å². The zero-order valence-corrected chi connectivity index (χ0v) is 11.3. The smallest absolute Gasteiger partial charge is 0.223 e. The Morgan fingerprint density at radius 1 is 1.62 bits per heavy atom. The van der Waals surface area contributed by atoms with Crippen molar-refractivity contribution in [2.75, 3.05) is 26.4 Å². The summed E-state index contributed by atoms with van der Waals surface area (Å²) in [6.45, 7) is 4.99. The molecule has 4 nitrogen and oxygen atoms in total. The number of nitrogens with one attached hydrogen (secondary N) is 1. The Bertz CT molecular complexity index is 276. The molecule has 1 saturated heterocycles. The highest BCUT2D eigenvalue weighted by Crippen LogP contribution is 2.18. The van der Waals surface area contributed by atoms with Gasteiger partial charge in [-0.3, -0.25) is 9.79 Å². The van der Waals surface area contributed by atoms with Crippen LogP contribution in [-0.4, -0.2) is 48.4 Å². The zero-order chi connectivity index (χ0) is 12.1. The van der Waals surface area contributed by atoms with E-state index in [0.29, 0.717) is 24.9 Å². The molecule has 5 heteroatoms. The fourth-order valence-corrected chi connectivity index (χ4v) is 2.56. The molecule has 1 N–H and O–H groups in total. The molecule has 16 heavy (non-hydrogen) atoms. The summed E-state index contributed by atoms with van der Waals surface area (Å²) in [6.07, 6.45) is 0.491. The summed E-state index contributed by atoms with van der Waals surface area (Å²) in [6, 6.07) is 0.522. The first-order valence-electron chi connectivity index (χ1n) is 5.64. The molecule has 0 aromatic carbocycles. The van der Waals surface area contributed by atoms with Crippen LogP contribution in [0.25, 0.3) is 0 Å². The molecule has 1 aliphatic rings. The third-order valence-corrected chi connectivity index (χ3v) is 3.64. The van der Waals surface area contributed by atoms with Crippen molar-refractivity contribution in [1.29, 1.82) is 0 Å². The lowest BCUT2D eigenvalue weighted by molar-refractivity contribution is -0.128. The molecule has 0 aromatic rings. The Balaban J connectivity index is 2.29. The average Bonchev–Trinajstić information content (AvgIpc) is 2.66. The van der Waals surface area contributed by atoms with Crippen LogP contribution in [0.3, 0.4) is 0 Å². The van der Waals surface area contributed by atoms with Gasteiger partial charge < -0.3 is 10.2 Å². The molecule has 1 heterocycles. The van der Waals surface area contributed by atoms with Gasteiger partial charge in [0.2, 0.25) is 5.91 Å². The minimum atomic E-state index is 0.132. The molecular weight excluding hydrogens is 222 g/mol. The summed E-state index contributed by atoms with van der Waals surface area (Å²) in [5, 5.41) is 4.37. The number of rotatable bonds is 4. The maximum Gasteiger partial charge on any atom is 0.223 e. The third-order valence-electron chi connectivity index (χ3n) is 2.59. The fraction of sp³-hybridized carbons (Fsp3) is 0.818. The Kier molecular flexibility index (Phi) is 5.12. The van der Waals surface area contributed by atoms with Crippen LogP contribution < -0.4 is 5.32 Å². The van der Waals surface area contributed by atoms with Crippen molar-refractivity contribution in [2.45, 2.75) is 26.3 Å². The van der Waals surface area contributed by atoms with Gasteiger partial charge in [0.25, 0.3) is 0 Å². The van der Waals surface area contributed by atoms with Crippen LogP contribution in [0.5, 0.6) is 0 Å². The van der Waals surface area contributed by atoms with Crippen molar-refractivity contribution in [3.8, 4) is 0 Å². The molecule has 1 atom stereocenters. The lowest BCUT2D eigenvalue weighted by atomic mass is 10.1. The Hall–Kier alpha value is -0.710. The van der Waals surface area contributed by atoms with E-state index in [9.17, 15) is 4.79 Å². The van der Waals surface area contributed by atoms with Crippen LogP contribution in [0.4, 0.5) is 0 Å². The van der Waals surface area contributed by atoms with Gasteiger partial charge in [0.1, 0.15) is 0 Å². The van der Waals surface area contributed by atoms with E-state index >= 15 is 0 Å². The number of thioether (sulfide) groups is 1. The van der Waals surface area contributed by atoms with E-state index < -0.39 is 0 Å². The van der Waals surface area contributed by atoms with E-state index in [1.54, 1.807) is 30.8 Å². The third kappa shape index (κ3) is 4.04. The van der Waals surface area contributed by atoms with Gasteiger partial charge in [0, 0.05) is 32.3 Å². The predicted octanol–water partition coefficient (Wildman–Crippen LogP) is 1.18. The normalized spacial score (nSPS) is 22.6. The van der Waals surface area contributed by atoms with Crippen LogP contribution in [0.1, 0.15) is 20.3 Å². The second kappa shape index (κ2) is 6.13. The summed E-state index contributed by atoms with van der Waals surface area (Å²) >= 11 is 1.75. The lowest BCUT2D eigenvalue weighted by Gasteiger charge is -2.13. The first kappa shape index (κ1) is 13.4. The molecule has 1 rings (SSSR count). The molecule has 0 radical (unpaired) electrons. The monoisotopic (exact) mass is 243 g/mol. The van der Waals surface area contributed by atoms with Crippen LogP contribution in [0.15, 0.2) is 4.99 Å². The first-order chi connectivity index (χ1) is 7.50. The van der Waals surface area contributed by atoms with Crippen molar-refractivity contribution >= 4 is 22.8 Å². The second-order valence-corrected chi connectivity index (χ2v) is 5.54. The molecule has 1 fully saturated rings. The number of carbonyl (C=O) groups excluding carboxylic acids is 1. The van der Waals surface area contributed by atoms with Gasteiger partial charge in [-0.1, -0.05) is 25.6 Å². The quantitative estimate of drug-likeness (QED) is 0.806. The second-order valence-electron chi connectivity index (χ2n) is 4.53. The van der Waals surface area contributed by atoms with Crippen LogP contribution in [-0.2, 0) is 4.79 Å². The number of aliphatic imine (C=N–C) groups is 1. The minimum Gasteiger partial charge on any atom is -0.361 e. The van der Waals surface area contributed by atoms with Gasteiger partial charge in [-0.25, -0.2) is 0 Å². The number of amides is 1. The first-order valence-corrected chi connectivity index (χ1v) is 6.63. The van der Waals surface area contributed by atoms with Crippen molar-refractivity contribution < 1.29 is 4.79 Å². The molecule has 92 valence electrons. The molecule has 0 bridgehead atoms. The summed E-state index contributed by atoms with van der Waals surface area (Å²) in [4.78, 5) is 17.3. The summed E-state index contributed by atoms with van der Waals surface area (Å²) in [7, 11) is 3.54. The highest BCUT2D eigenvalue weighted by Gasteiger charge is 2.22. The Labute approximate surface area is 102 Å². The summed E-state index contributed by atoms with van der Waals surface area (Å²) in [5.41, 5.74) is 0. The molecule has 1 aliphatic heterocycles. The topological polar surface area (TPSA) is 44.7 Å². The van der Waals surface area contributed by atoms with Gasteiger partial charge in [-0.15, -0.1) is 0 Å². The van der Waals surface area contributed by atoms with Gasteiger partial charge in [0.15, 0.2) is 5.17 Å². The molecule has 0 aliphatic carbocycles. The maximum absolute atomic E-state index is 11.3. The van der Waals surface area contributed by atoms with E-state index in [2.05, 4.69) is 24.2 Å². The summed E-state index contributed by atoms with van der Waals surface area (Å²) < 4.78 is 0. The SMILES string of the molecule is CC(C)[C@H]1CSC(=NCCC(=O)N(C)C)N1. The highest BCUT2D eigenvalue weighted by molar-refractivity contribution is 8.14. The van der Waals surface area contributed by atoms with E-state index in [1.165, 1.54) is 0 Å². The molecule has 0 saturated carbocycles. The maximum atomic E-state index is 11.3. The van der Waals surface area contributed by atoms with Gasteiger partial charge >= 0.3 is 0 Å². The molecule has 0 spiro atoms. The molecule has 0 aromatic heterocycles. The highest BCUT2D eigenvalue weighted by atomic mass is 32.2. The van der Waals surface area contributed by atoms with E-state index in [-0.39, 0.29) is 5.91 Å². The van der Waals surface area contributed by atoms with Crippen molar-refractivity contribution in [3.63, 3.8) is 0 Å². The van der Waals surface area contributed by atoms with Gasteiger partial charge in [0.05, 0.1) is 6.54 Å². The number of carbonyl (C=O) groups is 1. The number of hydrogen-bond acceptors (Lipinski definition) is 3. The van der Waals surface area contributed by atoms with Crippen molar-refractivity contribution in [2.24, 2.45) is 10.9 Å². The largest absolute Gasteiger partial charge is 0.361 e. The fourth-order valence-electron chi connectivity index (χ4n) is 1.34. The molecular formula is C11H21N3OS.